The summed E-state index contributed by atoms with van der Waals surface area (Å²) in [5.74, 6) is -1.88. The summed E-state index contributed by atoms with van der Waals surface area (Å²) in [6, 6.07) is 3.55. The van der Waals surface area contributed by atoms with Gasteiger partial charge in [0.1, 0.15) is 11.5 Å². The lowest BCUT2D eigenvalue weighted by Gasteiger charge is -2.16. The van der Waals surface area contributed by atoms with Crippen molar-refractivity contribution in [3.05, 3.63) is 47.9 Å². The highest BCUT2D eigenvalue weighted by molar-refractivity contribution is 6.02. The first-order valence-corrected chi connectivity index (χ1v) is 8.47. The summed E-state index contributed by atoms with van der Waals surface area (Å²) in [5, 5.41) is 5.82. The number of hydrogen-bond donors (Lipinski definition) is 2. The standard InChI is InChI=1S/C18H20F2N4O/c19-14-8-7-13(9-15(14)20)24-18(25)16-10-22-17(11-21-16)23-12-5-3-1-2-4-6-12/h7-12H,1-6H2,(H,22,23)(H,24,25). The highest BCUT2D eigenvalue weighted by Crippen LogP contribution is 2.20. The van der Waals surface area contributed by atoms with Crippen LogP contribution in [0.3, 0.4) is 0 Å². The van der Waals surface area contributed by atoms with Crippen molar-refractivity contribution in [1.82, 2.24) is 9.97 Å². The molecule has 1 aliphatic carbocycles. The SMILES string of the molecule is O=C(Nc1ccc(F)c(F)c1)c1cnc(NC2CCCCCC2)cn1. The number of halogens is 2. The Morgan fingerprint density at radius 1 is 1.00 bits per heavy atom. The lowest BCUT2D eigenvalue weighted by Crippen LogP contribution is -2.20. The number of hydrogen-bond acceptors (Lipinski definition) is 4. The molecule has 1 aromatic carbocycles. The normalized spacial score (nSPS) is 15.4. The van der Waals surface area contributed by atoms with Crippen LogP contribution in [0, 0.1) is 11.6 Å². The second kappa shape index (κ2) is 8.00. The predicted octanol–water partition coefficient (Wildman–Crippen LogP) is 4.14. The highest BCUT2D eigenvalue weighted by atomic mass is 19.2. The van der Waals surface area contributed by atoms with Crippen molar-refractivity contribution in [2.75, 3.05) is 10.6 Å². The van der Waals surface area contributed by atoms with Gasteiger partial charge >= 0.3 is 0 Å². The molecule has 1 saturated carbocycles. The number of aromatic nitrogens is 2. The fourth-order valence-corrected chi connectivity index (χ4v) is 2.92. The molecule has 0 unspecified atom stereocenters. The Labute approximate surface area is 144 Å². The van der Waals surface area contributed by atoms with Gasteiger partial charge in [-0.3, -0.25) is 4.79 Å². The van der Waals surface area contributed by atoms with Crippen molar-refractivity contribution in [2.45, 2.75) is 44.6 Å². The van der Waals surface area contributed by atoms with E-state index >= 15 is 0 Å². The van der Waals surface area contributed by atoms with Crippen LogP contribution in [0.4, 0.5) is 20.3 Å². The van der Waals surface area contributed by atoms with Crippen LogP contribution < -0.4 is 10.6 Å². The van der Waals surface area contributed by atoms with E-state index in [1.54, 1.807) is 0 Å². The summed E-state index contributed by atoms with van der Waals surface area (Å²) in [6.07, 6.45) is 10.1. The number of carbonyl (C=O) groups excluding carboxylic acids is 1. The lowest BCUT2D eigenvalue weighted by atomic mass is 10.1. The van der Waals surface area contributed by atoms with Crippen LogP contribution in [0.1, 0.15) is 49.0 Å². The van der Waals surface area contributed by atoms with Gasteiger partial charge in [0.2, 0.25) is 0 Å². The third kappa shape index (κ3) is 4.71. The van der Waals surface area contributed by atoms with Crippen LogP contribution in [-0.4, -0.2) is 21.9 Å². The number of nitrogens with one attached hydrogen (secondary N) is 2. The fourth-order valence-electron chi connectivity index (χ4n) is 2.92. The number of nitrogens with zero attached hydrogens (tertiary/aromatic N) is 2. The average molecular weight is 346 g/mol. The molecule has 5 nitrogen and oxygen atoms in total. The van der Waals surface area contributed by atoms with Gasteiger partial charge in [-0.2, -0.15) is 0 Å². The first-order chi connectivity index (χ1) is 12.1. The highest BCUT2D eigenvalue weighted by Gasteiger charge is 2.14. The molecule has 1 aromatic heterocycles. The summed E-state index contributed by atoms with van der Waals surface area (Å²) in [6.45, 7) is 0. The first-order valence-electron chi connectivity index (χ1n) is 8.47. The van der Waals surface area contributed by atoms with Crippen molar-refractivity contribution in [3.63, 3.8) is 0 Å². The maximum Gasteiger partial charge on any atom is 0.275 e. The molecule has 2 N–H and O–H groups in total. The van der Waals surface area contributed by atoms with Gasteiger partial charge in [0.05, 0.1) is 12.4 Å². The molecule has 0 atom stereocenters. The van der Waals surface area contributed by atoms with Gasteiger partial charge in [-0.1, -0.05) is 25.7 Å². The van der Waals surface area contributed by atoms with Gasteiger partial charge in [-0.25, -0.2) is 18.7 Å². The Hall–Kier alpha value is -2.57. The van der Waals surface area contributed by atoms with Gasteiger partial charge in [-0.15, -0.1) is 0 Å². The number of benzene rings is 1. The van der Waals surface area contributed by atoms with E-state index in [1.807, 2.05) is 0 Å². The van der Waals surface area contributed by atoms with Crippen molar-refractivity contribution >= 4 is 17.4 Å². The van der Waals surface area contributed by atoms with Crippen LogP contribution in [0.15, 0.2) is 30.6 Å². The first kappa shape index (κ1) is 17.3. The minimum absolute atomic E-state index is 0.108. The maximum atomic E-state index is 13.2. The second-order valence-corrected chi connectivity index (χ2v) is 6.20. The van der Waals surface area contributed by atoms with E-state index in [0.29, 0.717) is 11.9 Å². The number of amides is 1. The molecule has 0 saturated heterocycles. The number of carbonyl (C=O) groups is 1. The van der Waals surface area contributed by atoms with E-state index in [9.17, 15) is 13.6 Å². The molecular formula is C18H20F2N4O. The predicted molar refractivity (Wildman–Crippen MR) is 91.5 cm³/mol. The fraction of sp³-hybridized carbons (Fsp3) is 0.389. The van der Waals surface area contributed by atoms with E-state index in [4.69, 9.17) is 0 Å². The van der Waals surface area contributed by atoms with Crippen LogP contribution in [0.2, 0.25) is 0 Å². The van der Waals surface area contributed by atoms with Gasteiger partial charge in [0.25, 0.3) is 5.91 Å². The number of rotatable bonds is 4. The van der Waals surface area contributed by atoms with E-state index < -0.39 is 17.5 Å². The van der Waals surface area contributed by atoms with Crippen molar-refractivity contribution in [1.29, 1.82) is 0 Å². The Kier molecular flexibility index (Phi) is 5.53. The van der Waals surface area contributed by atoms with Gasteiger partial charge in [0, 0.05) is 17.8 Å². The summed E-state index contributed by atoms with van der Waals surface area (Å²) < 4.78 is 26.1. The molecule has 7 heteroatoms. The molecular weight excluding hydrogens is 326 g/mol. The molecule has 0 radical (unpaired) electrons. The van der Waals surface area contributed by atoms with E-state index in [1.165, 1.54) is 44.1 Å². The quantitative estimate of drug-likeness (QED) is 0.817. The Morgan fingerprint density at radius 3 is 2.40 bits per heavy atom. The lowest BCUT2D eigenvalue weighted by molar-refractivity contribution is 0.102. The summed E-state index contributed by atoms with van der Waals surface area (Å²) >= 11 is 0. The van der Waals surface area contributed by atoms with Crippen molar-refractivity contribution in [2.24, 2.45) is 0 Å². The molecule has 1 fully saturated rings. The van der Waals surface area contributed by atoms with E-state index in [-0.39, 0.29) is 11.4 Å². The minimum atomic E-state index is -1.02. The van der Waals surface area contributed by atoms with E-state index in [0.717, 1.165) is 25.0 Å². The van der Waals surface area contributed by atoms with Crippen molar-refractivity contribution < 1.29 is 13.6 Å². The molecule has 3 rings (SSSR count). The largest absolute Gasteiger partial charge is 0.366 e. The summed E-state index contributed by atoms with van der Waals surface area (Å²) in [5.41, 5.74) is 0.266. The molecule has 1 amide bonds. The molecule has 0 spiro atoms. The average Bonchev–Trinajstić information content (AvgIpc) is 2.87. The number of anilines is 2. The summed E-state index contributed by atoms with van der Waals surface area (Å²) in [7, 11) is 0. The van der Waals surface area contributed by atoms with Gasteiger partial charge in [0.15, 0.2) is 11.6 Å². The van der Waals surface area contributed by atoms with Crippen molar-refractivity contribution in [3.8, 4) is 0 Å². The monoisotopic (exact) mass is 346 g/mol. The molecule has 2 aromatic rings. The Bertz CT molecular complexity index is 728. The zero-order valence-electron chi connectivity index (χ0n) is 13.8. The molecule has 0 aliphatic heterocycles. The zero-order valence-corrected chi connectivity index (χ0v) is 13.8. The third-order valence-electron chi connectivity index (χ3n) is 4.27. The Balaban J connectivity index is 1.60. The van der Waals surface area contributed by atoms with Crippen LogP contribution in [0.5, 0.6) is 0 Å². The minimum Gasteiger partial charge on any atom is -0.366 e. The molecule has 0 bridgehead atoms. The van der Waals surface area contributed by atoms with Crippen LogP contribution in [0.25, 0.3) is 0 Å². The molecule has 1 aliphatic rings. The van der Waals surface area contributed by atoms with Crippen LogP contribution >= 0.6 is 0 Å². The molecule has 1 heterocycles. The van der Waals surface area contributed by atoms with Crippen LogP contribution in [-0.2, 0) is 0 Å². The third-order valence-corrected chi connectivity index (χ3v) is 4.27. The summed E-state index contributed by atoms with van der Waals surface area (Å²) in [4.78, 5) is 20.4. The maximum absolute atomic E-state index is 13.2. The topological polar surface area (TPSA) is 66.9 Å². The van der Waals surface area contributed by atoms with Gasteiger partial charge < -0.3 is 10.6 Å². The Morgan fingerprint density at radius 2 is 1.76 bits per heavy atom. The van der Waals surface area contributed by atoms with E-state index in [2.05, 4.69) is 20.6 Å². The molecule has 132 valence electrons. The second-order valence-electron chi connectivity index (χ2n) is 6.20. The van der Waals surface area contributed by atoms with Gasteiger partial charge in [-0.05, 0) is 25.0 Å². The smallest absolute Gasteiger partial charge is 0.275 e. The zero-order chi connectivity index (χ0) is 17.6. The molecule has 25 heavy (non-hydrogen) atoms.